The van der Waals surface area contributed by atoms with Crippen LogP contribution in [0.1, 0.15) is 22.5 Å². The number of nitrogens with zero attached hydrogens (tertiary/aromatic N) is 5. The molecule has 148 valence electrons. The van der Waals surface area contributed by atoms with Crippen LogP contribution in [-0.2, 0) is 0 Å². The first kappa shape index (κ1) is 20.0. The molecule has 4 rings (SSSR count). The summed E-state index contributed by atoms with van der Waals surface area (Å²) in [6, 6.07) is 1.68. The fraction of sp³-hybridized carbons (Fsp3) is 0.333. The van der Waals surface area contributed by atoms with Crippen molar-refractivity contribution in [2.75, 3.05) is 25.0 Å². The van der Waals surface area contributed by atoms with Crippen molar-refractivity contribution in [1.82, 2.24) is 24.7 Å². The van der Waals surface area contributed by atoms with Gasteiger partial charge in [0.2, 0.25) is 5.95 Å². The van der Waals surface area contributed by atoms with E-state index in [1.807, 2.05) is 11.9 Å². The topological polar surface area (TPSA) is 101 Å². The van der Waals surface area contributed by atoms with Crippen LogP contribution in [-0.4, -0.2) is 51.4 Å². The number of likely N-dealkylation sites (N-methyl/N-ethyl adjacent to an activating group) is 1. The fourth-order valence-electron chi connectivity index (χ4n) is 3.41. The third kappa shape index (κ3) is 3.50. The van der Waals surface area contributed by atoms with E-state index in [1.54, 1.807) is 23.7 Å². The molecular formula is C18H21ClFN7O. The number of nitrogens with one attached hydrogen (secondary N) is 1. The van der Waals surface area contributed by atoms with Crippen LogP contribution in [0.4, 0.5) is 10.3 Å². The molecule has 4 heterocycles. The second-order valence-electron chi connectivity index (χ2n) is 6.71. The predicted octanol–water partition coefficient (Wildman–Crippen LogP) is 1.56. The number of halogens is 2. The Morgan fingerprint density at radius 1 is 1.36 bits per heavy atom. The SMILES string of the molecule is CN[C@@H]1CCN(c2ncc(C(N)=O)c(-c3cc(F)c4nc(C)cn4c3)n2)C1.Cl. The number of aryl methyl sites for hydroxylation is 1. The Hall–Kier alpha value is -2.78. The monoisotopic (exact) mass is 405 g/mol. The van der Waals surface area contributed by atoms with Crippen LogP contribution in [0, 0.1) is 12.7 Å². The fourth-order valence-corrected chi connectivity index (χ4v) is 3.41. The Morgan fingerprint density at radius 3 is 2.82 bits per heavy atom. The molecular weight excluding hydrogens is 385 g/mol. The zero-order valence-corrected chi connectivity index (χ0v) is 16.3. The number of hydrogen-bond acceptors (Lipinski definition) is 6. The van der Waals surface area contributed by atoms with E-state index in [0.29, 0.717) is 28.9 Å². The minimum Gasteiger partial charge on any atom is -0.365 e. The number of amides is 1. The number of anilines is 1. The summed E-state index contributed by atoms with van der Waals surface area (Å²) in [6.07, 6.45) is 5.79. The van der Waals surface area contributed by atoms with Gasteiger partial charge in [-0.15, -0.1) is 12.4 Å². The molecule has 0 spiro atoms. The van der Waals surface area contributed by atoms with Gasteiger partial charge in [0.05, 0.1) is 17.0 Å². The molecule has 3 aromatic rings. The first-order valence-electron chi connectivity index (χ1n) is 8.70. The standard InChI is InChI=1S/C18H20FN7O.ClH/c1-10-7-26-8-11(5-14(19)17(26)23-10)15-13(16(20)27)6-22-18(24-15)25-4-3-12(9-25)21-2;/h5-8,12,21H,3-4,9H2,1-2H3,(H2,20,27);1H/t12-;/m1./s1. The first-order valence-corrected chi connectivity index (χ1v) is 8.70. The van der Waals surface area contributed by atoms with Crippen LogP contribution in [0.5, 0.6) is 0 Å². The van der Waals surface area contributed by atoms with Crippen LogP contribution >= 0.6 is 12.4 Å². The van der Waals surface area contributed by atoms with E-state index in [4.69, 9.17) is 5.73 Å². The Kier molecular flexibility index (Phi) is 5.48. The molecule has 0 aromatic carbocycles. The molecule has 0 aliphatic carbocycles. The summed E-state index contributed by atoms with van der Waals surface area (Å²) in [5, 5.41) is 3.24. The van der Waals surface area contributed by atoms with Gasteiger partial charge in [0.15, 0.2) is 11.5 Å². The molecule has 1 amide bonds. The number of rotatable bonds is 4. The van der Waals surface area contributed by atoms with Crippen molar-refractivity contribution >= 4 is 29.9 Å². The van der Waals surface area contributed by atoms with Gasteiger partial charge in [-0.05, 0) is 26.5 Å². The number of fused-ring (bicyclic) bond motifs is 1. The number of carbonyl (C=O) groups excluding carboxylic acids is 1. The summed E-state index contributed by atoms with van der Waals surface area (Å²) in [6.45, 7) is 3.35. The molecule has 0 saturated carbocycles. The average molecular weight is 406 g/mol. The number of pyridine rings is 1. The number of primary amides is 1. The maximum absolute atomic E-state index is 14.5. The second-order valence-corrected chi connectivity index (χ2v) is 6.71. The number of hydrogen-bond donors (Lipinski definition) is 2. The quantitative estimate of drug-likeness (QED) is 0.683. The van der Waals surface area contributed by atoms with Crippen molar-refractivity contribution in [2.45, 2.75) is 19.4 Å². The highest BCUT2D eigenvalue weighted by Crippen LogP contribution is 2.26. The highest BCUT2D eigenvalue weighted by Gasteiger charge is 2.25. The molecule has 1 atom stereocenters. The maximum Gasteiger partial charge on any atom is 0.252 e. The normalized spacial score (nSPS) is 16.4. The number of imidazole rings is 1. The Balaban J connectivity index is 0.00000225. The summed E-state index contributed by atoms with van der Waals surface area (Å²) in [5.41, 5.74) is 7.33. The summed E-state index contributed by atoms with van der Waals surface area (Å²) < 4.78 is 16.1. The Labute approximate surface area is 167 Å². The molecule has 0 radical (unpaired) electrons. The molecule has 0 bridgehead atoms. The van der Waals surface area contributed by atoms with Crippen molar-refractivity contribution in [2.24, 2.45) is 5.73 Å². The van der Waals surface area contributed by atoms with Crippen LogP contribution in [0.25, 0.3) is 16.9 Å². The maximum atomic E-state index is 14.5. The van der Waals surface area contributed by atoms with Gasteiger partial charge in [0.25, 0.3) is 5.91 Å². The lowest BCUT2D eigenvalue weighted by Crippen LogP contribution is -2.30. The van der Waals surface area contributed by atoms with E-state index in [2.05, 4.69) is 20.3 Å². The zero-order chi connectivity index (χ0) is 19.1. The lowest BCUT2D eigenvalue weighted by Gasteiger charge is -2.18. The molecule has 1 aliphatic heterocycles. The van der Waals surface area contributed by atoms with Crippen molar-refractivity contribution in [3.8, 4) is 11.3 Å². The minimum absolute atomic E-state index is 0. The van der Waals surface area contributed by atoms with Gasteiger partial charge in [-0.2, -0.15) is 0 Å². The number of aromatic nitrogens is 4. The van der Waals surface area contributed by atoms with Gasteiger partial charge in [-0.3, -0.25) is 4.79 Å². The summed E-state index contributed by atoms with van der Waals surface area (Å²) in [7, 11) is 1.92. The summed E-state index contributed by atoms with van der Waals surface area (Å²) in [5.74, 6) is -0.656. The Morgan fingerprint density at radius 2 is 2.14 bits per heavy atom. The van der Waals surface area contributed by atoms with Crippen molar-refractivity contribution in [3.05, 3.63) is 41.7 Å². The van der Waals surface area contributed by atoms with Gasteiger partial charge < -0.3 is 20.4 Å². The Bertz CT molecular complexity index is 1040. The predicted molar refractivity (Wildman–Crippen MR) is 106 cm³/mol. The van der Waals surface area contributed by atoms with Gasteiger partial charge in [-0.25, -0.2) is 19.3 Å². The molecule has 1 saturated heterocycles. The van der Waals surface area contributed by atoms with Gasteiger partial charge in [0.1, 0.15) is 0 Å². The van der Waals surface area contributed by atoms with Crippen molar-refractivity contribution in [3.63, 3.8) is 0 Å². The molecule has 10 heteroatoms. The van der Waals surface area contributed by atoms with E-state index in [9.17, 15) is 9.18 Å². The average Bonchev–Trinajstić information content (AvgIpc) is 3.27. The van der Waals surface area contributed by atoms with E-state index in [0.717, 1.165) is 19.5 Å². The van der Waals surface area contributed by atoms with E-state index in [-0.39, 0.29) is 23.6 Å². The molecule has 28 heavy (non-hydrogen) atoms. The third-order valence-electron chi connectivity index (χ3n) is 4.82. The molecule has 1 aliphatic rings. The molecule has 3 aromatic heterocycles. The smallest absolute Gasteiger partial charge is 0.252 e. The highest BCUT2D eigenvalue weighted by molar-refractivity contribution is 5.98. The highest BCUT2D eigenvalue weighted by atomic mass is 35.5. The molecule has 1 fully saturated rings. The summed E-state index contributed by atoms with van der Waals surface area (Å²) >= 11 is 0. The molecule has 8 nitrogen and oxygen atoms in total. The minimum atomic E-state index is -0.659. The number of nitrogens with two attached hydrogens (primary N) is 1. The zero-order valence-electron chi connectivity index (χ0n) is 15.5. The van der Waals surface area contributed by atoms with Gasteiger partial charge in [0, 0.05) is 43.3 Å². The van der Waals surface area contributed by atoms with E-state index >= 15 is 0 Å². The first-order chi connectivity index (χ1) is 13.0. The lowest BCUT2D eigenvalue weighted by molar-refractivity contribution is 0.100. The largest absolute Gasteiger partial charge is 0.365 e. The molecule has 3 N–H and O–H groups in total. The van der Waals surface area contributed by atoms with Crippen molar-refractivity contribution in [1.29, 1.82) is 0 Å². The number of carbonyl (C=O) groups is 1. The van der Waals surface area contributed by atoms with Gasteiger partial charge >= 0.3 is 0 Å². The van der Waals surface area contributed by atoms with Crippen LogP contribution in [0.3, 0.4) is 0 Å². The summed E-state index contributed by atoms with van der Waals surface area (Å²) in [4.78, 5) is 26.9. The van der Waals surface area contributed by atoms with Crippen LogP contribution in [0.2, 0.25) is 0 Å². The van der Waals surface area contributed by atoms with E-state index in [1.165, 1.54) is 12.3 Å². The van der Waals surface area contributed by atoms with Crippen LogP contribution in [0.15, 0.2) is 24.7 Å². The lowest BCUT2D eigenvalue weighted by atomic mass is 10.1. The third-order valence-corrected chi connectivity index (χ3v) is 4.82. The van der Waals surface area contributed by atoms with Gasteiger partial charge in [-0.1, -0.05) is 0 Å². The van der Waals surface area contributed by atoms with Crippen molar-refractivity contribution < 1.29 is 9.18 Å². The van der Waals surface area contributed by atoms with E-state index < -0.39 is 11.7 Å². The van der Waals surface area contributed by atoms with Crippen LogP contribution < -0.4 is 16.0 Å². The molecule has 0 unspecified atom stereocenters. The second kappa shape index (κ2) is 7.69.